The SMILES string of the molecule is Cc1ccccc1CN[C@H](c1cccc(C(F)(F)F)c1)c1ncn[nH]1. The quantitative estimate of drug-likeness (QED) is 0.734. The van der Waals surface area contributed by atoms with Crippen molar-refractivity contribution in [1.29, 1.82) is 0 Å². The molecule has 0 aliphatic heterocycles. The summed E-state index contributed by atoms with van der Waals surface area (Å²) in [5, 5.41) is 9.83. The van der Waals surface area contributed by atoms with Gasteiger partial charge < -0.3 is 0 Å². The van der Waals surface area contributed by atoms with Gasteiger partial charge in [0.25, 0.3) is 0 Å². The Morgan fingerprint density at radius 1 is 1.12 bits per heavy atom. The van der Waals surface area contributed by atoms with Crippen molar-refractivity contribution in [2.24, 2.45) is 0 Å². The van der Waals surface area contributed by atoms with E-state index in [9.17, 15) is 13.2 Å². The average Bonchev–Trinajstić information content (AvgIpc) is 3.10. The van der Waals surface area contributed by atoms with E-state index in [4.69, 9.17) is 0 Å². The molecule has 0 spiro atoms. The first-order chi connectivity index (χ1) is 11.9. The minimum absolute atomic E-state index is 0.466. The molecule has 25 heavy (non-hydrogen) atoms. The molecule has 0 aliphatic carbocycles. The second-order valence-electron chi connectivity index (χ2n) is 5.73. The molecule has 0 aliphatic rings. The van der Waals surface area contributed by atoms with Gasteiger partial charge in [-0.15, -0.1) is 0 Å². The lowest BCUT2D eigenvalue weighted by molar-refractivity contribution is -0.137. The molecule has 1 heterocycles. The molecule has 0 saturated heterocycles. The molecular formula is C18H17F3N4. The first-order valence-electron chi connectivity index (χ1n) is 7.75. The third-order valence-corrected chi connectivity index (χ3v) is 4.01. The van der Waals surface area contributed by atoms with Crippen LogP contribution in [0, 0.1) is 6.92 Å². The van der Waals surface area contributed by atoms with Gasteiger partial charge in [-0.3, -0.25) is 10.4 Å². The predicted molar refractivity (Wildman–Crippen MR) is 87.7 cm³/mol. The van der Waals surface area contributed by atoms with Crippen LogP contribution in [-0.2, 0) is 12.7 Å². The maximum absolute atomic E-state index is 13.0. The summed E-state index contributed by atoms with van der Waals surface area (Å²) in [4.78, 5) is 4.11. The van der Waals surface area contributed by atoms with Gasteiger partial charge in [-0.05, 0) is 35.7 Å². The largest absolute Gasteiger partial charge is 0.416 e. The standard InChI is InChI=1S/C18H17F3N4/c1-12-5-2-3-6-14(12)10-22-16(17-23-11-24-25-17)13-7-4-8-15(9-13)18(19,20)21/h2-9,11,16,22H,10H2,1H3,(H,23,24,25)/t16-/m1/s1. The van der Waals surface area contributed by atoms with Gasteiger partial charge in [0, 0.05) is 6.54 Å². The Kier molecular flexibility index (Phi) is 4.85. The van der Waals surface area contributed by atoms with Gasteiger partial charge in [0.1, 0.15) is 12.2 Å². The summed E-state index contributed by atoms with van der Waals surface area (Å²) in [6.07, 6.45) is -3.05. The first-order valence-corrected chi connectivity index (χ1v) is 7.75. The van der Waals surface area contributed by atoms with Crippen LogP contribution in [0.2, 0.25) is 0 Å². The number of benzene rings is 2. The summed E-state index contributed by atoms with van der Waals surface area (Å²) in [5.74, 6) is 0.466. The highest BCUT2D eigenvalue weighted by molar-refractivity contribution is 5.32. The highest BCUT2D eigenvalue weighted by atomic mass is 19.4. The van der Waals surface area contributed by atoms with Crippen molar-refractivity contribution in [2.45, 2.75) is 25.7 Å². The normalized spacial score (nSPS) is 13.0. The molecule has 130 valence electrons. The van der Waals surface area contributed by atoms with Gasteiger partial charge in [0.05, 0.1) is 11.6 Å². The minimum atomic E-state index is -4.39. The van der Waals surface area contributed by atoms with Crippen molar-refractivity contribution in [3.05, 3.63) is 82.9 Å². The lowest BCUT2D eigenvalue weighted by Gasteiger charge is -2.19. The third-order valence-electron chi connectivity index (χ3n) is 4.01. The Labute approximate surface area is 143 Å². The van der Waals surface area contributed by atoms with Crippen LogP contribution in [0.4, 0.5) is 13.2 Å². The Hall–Kier alpha value is -2.67. The number of nitrogens with one attached hydrogen (secondary N) is 2. The predicted octanol–water partition coefficient (Wildman–Crippen LogP) is 4.01. The van der Waals surface area contributed by atoms with E-state index in [1.54, 1.807) is 6.07 Å². The van der Waals surface area contributed by atoms with Crippen molar-refractivity contribution in [2.75, 3.05) is 0 Å². The Bertz CT molecular complexity index is 828. The third kappa shape index (κ3) is 4.06. The first kappa shape index (κ1) is 17.2. The van der Waals surface area contributed by atoms with Gasteiger partial charge in [0.15, 0.2) is 0 Å². The molecule has 0 saturated carbocycles. The van der Waals surface area contributed by atoms with Crippen LogP contribution in [-0.4, -0.2) is 15.2 Å². The van der Waals surface area contributed by atoms with Gasteiger partial charge in [-0.2, -0.15) is 18.3 Å². The number of aromatic nitrogens is 3. The molecule has 2 aromatic carbocycles. The second-order valence-corrected chi connectivity index (χ2v) is 5.73. The van der Waals surface area contributed by atoms with Gasteiger partial charge in [-0.1, -0.05) is 36.4 Å². The maximum atomic E-state index is 13.0. The molecule has 0 bridgehead atoms. The van der Waals surface area contributed by atoms with Crippen LogP contribution in [0.25, 0.3) is 0 Å². The minimum Gasteiger partial charge on any atom is -0.300 e. The lowest BCUT2D eigenvalue weighted by atomic mass is 10.0. The van der Waals surface area contributed by atoms with Crippen molar-refractivity contribution in [3.8, 4) is 0 Å². The highest BCUT2D eigenvalue weighted by Crippen LogP contribution is 2.31. The van der Waals surface area contributed by atoms with Crippen molar-refractivity contribution >= 4 is 0 Å². The van der Waals surface area contributed by atoms with E-state index < -0.39 is 17.8 Å². The van der Waals surface area contributed by atoms with Crippen LogP contribution in [0.1, 0.15) is 34.1 Å². The maximum Gasteiger partial charge on any atom is 0.416 e. The van der Waals surface area contributed by atoms with E-state index in [0.717, 1.165) is 23.3 Å². The van der Waals surface area contributed by atoms with Crippen LogP contribution < -0.4 is 5.32 Å². The zero-order valence-corrected chi connectivity index (χ0v) is 13.5. The summed E-state index contributed by atoms with van der Waals surface area (Å²) >= 11 is 0. The number of alkyl halides is 3. The van der Waals surface area contributed by atoms with Crippen LogP contribution >= 0.6 is 0 Å². The smallest absolute Gasteiger partial charge is 0.300 e. The second kappa shape index (κ2) is 7.06. The molecule has 0 amide bonds. The summed E-state index contributed by atoms with van der Waals surface area (Å²) in [7, 11) is 0. The van der Waals surface area contributed by atoms with E-state index in [1.165, 1.54) is 12.4 Å². The Morgan fingerprint density at radius 3 is 2.60 bits per heavy atom. The zero-order valence-electron chi connectivity index (χ0n) is 13.5. The molecule has 1 atom stereocenters. The Balaban J connectivity index is 1.90. The number of aromatic amines is 1. The number of hydrogen-bond donors (Lipinski definition) is 2. The summed E-state index contributed by atoms with van der Waals surface area (Å²) in [5.41, 5.74) is 1.96. The van der Waals surface area contributed by atoms with Crippen LogP contribution in [0.5, 0.6) is 0 Å². The fraction of sp³-hybridized carbons (Fsp3) is 0.222. The van der Waals surface area contributed by atoms with E-state index in [-0.39, 0.29) is 0 Å². The lowest BCUT2D eigenvalue weighted by Crippen LogP contribution is -2.24. The van der Waals surface area contributed by atoms with E-state index >= 15 is 0 Å². The van der Waals surface area contributed by atoms with E-state index in [2.05, 4.69) is 20.5 Å². The molecule has 1 aromatic heterocycles. The molecule has 0 fully saturated rings. The number of rotatable bonds is 5. The van der Waals surface area contributed by atoms with E-state index in [1.807, 2.05) is 31.2 Å². The number of nitrogens with zero attached hydrogens (tertiary/aromatic N) is 2. The highest BCUT2D eigenvalue weighted by Gasteiger charge is 2.31. The molecule has 3 rings (SSSR count). The van der Waals surface area contributed by atoms with Gasteiger partial charge >= 0.3 is 6.18 Å². The van der Waals surface area contributed by atoms with Crippen LogP contribution in [0.3, 0.4) is 0 Å². The number of hydrogen-bond acceptors (Lipinski definition) is 3. The fourth-order valence-electron chi connectivity index (χ4n) is 2.64. The molecular weight excluding hydrogens is 329 g/mol. The number of halogens is 3. The molecule has 0 unspecified atom stereocenters. The molecule has 4 nitrogen and oxygen atoms in total. The van der Waals surface area contributed by atoms with Crippen molar-refractivity contribution < 1.29 is 13.2 Å². The monoisotopic (exact) mass is 346 g/mol. The Morgan fingerprint density at radius 2 is 1.92 bits per heavy atom. The molecule has 3 aromatic rings. The fourth-order valence-corrected chi connectivity index (χ4v) is 2.64. The van der Waals surface area contributed by atoms with Crippen LogP contribution in [0.15, 0.2) is 54.9 Å². The molecule has 2 N–H and O–H groups in total. The van der Waals surface area contributed by atoms with E-state index in [0.29, 0.717) is 17.9 Å². The molecule has 7 heteroatoms. The zero-order chi connectivity index (χ0) is 17.9. The summed E-state index contributed by atoms with van der Waals surface area (Å²) < 4.78 is 39.1. The van der Waals surface area contributed by atoms with Gasteiger partial charge in [0.2, 0.25) is 0 Å². The molecule has 0 radical (unpaired) electrons. The summed E-state index contributed by atoms with van der Waals surface area (Å²) in [6, 6.07) is 12.6. The number of H-pyrrole nitrogens is 1. The number of aryl methyl sites for hydroxylation is 1. The average molecular weight is 346 g/mol. The van der Waals surface area contributed by atoms with Crippen molar-refractivity contribution in [1.82, 2.24) is 20.5 Å². The van der Waals surface area contributed by atoms with Gasteiger partial charge in [-0.25, -0.2) is 4.98 Å². The summed E-state index contributed by atoms with van der Waals surface area (Å²) in [6.45, 7) is 2.49. The van der Waals surface area contributed by atoms with Crippen molar-refractivity contribution in [3.63, 3.8) is 0 Å². The topological polar surface area (TPSA) is 53.6 Å².